The maximum Gasteiger partial charge on any atom is 0.0223 e. The summed E-state index contributed by atoms with van der Waals surface area (Å²) in [5.74, 6) is 3.59. The summed E-state index contributed by atoms with van der Waals surface area (Å²) < 4.78 is 0. The molecule has 2 aliphatic rings. The van der Waals surface area contributed by atoms with Crippen molar-refractivity contribution in [2.75, 3.05) is 24.6 Å². The highest BCUT2D eigenvalue weighted by Crippen LogP contribution is 2.29. The smallest absolute Gasteiger partial charge is 0.0223 e. The van der Waals surface area contributed by atoms with E-state index in [0.717, 1.165) is 18.5 Å². The number of hydrogen-bond donors (Lipinski definition) is 1. The van der Waals surface area contributed by atoms with Gasteiger partial charge in [-0.15, -0.1) is 0 Å². The molecule has 2 unspecified atom stereocenters. The number of likely N-dealkylation sites (tertiary alicyclic amines) is 1. The van der Waals surface area contributed by atoms with E-state index in [1.165, 1.54) is 43.7 Å². The molecular weight excluding hydrogens is 204 g/mol. The number of rotatable bonds is 2. The summed E-state index contributed by atoms with van der Waals surface area (Å²) in [4.78, 5) is 2.72. The van der Waals surface area contributed by atoms with Crippen LogP contribution in [0, 0.1) is 5.92 Å². The number of thioether (sulfide) groups is 1. The van der Waals surface area contributed by atoms with Crippen molar-refractivity contribution < 1.29 is 0 Å². The summed E-state index contributed by atoms with van der Waals surface area (Å²) in [5, 5.41) is 0. The molecule has 15 heavy (non-hydrogen) atoms. The highest BCUT2D eigenvalue weighted by atomic mass is 32.2. The first-order valence-electron chi connectivity index (χ1n) is 6.35. The molecule has 0 saturated carbocycles. The number of piperidine rings is 1. The van der Waals surface area contributed by atoms with Crippen molar-refractivity contribution in [2.24, 2.45) is 11.7 Å². The number of hydrogen-bond acceptors (Lipinski definition) is 3. The maximum atomic E-state index is 5.92. The van der Waals surface area contributed by atoms with E-state index in [2.05, 4.69) is 23.6 Å². The van der Waals surface area contributed by atoms with Crippen LogP contribution in [0.3, 0.4) is 0 Å². The molecule has 0 aromatic heterocycles. The quantitative estimate of drug-likeness (QED) is 0.783. The molecule has 3 heteroatoms. The molecule has 2 N–H and O–H groups in total. The monoisotopic (exact) mass is 228 g/mol. The molecule has 2 fully saturated rings. The average molecular weight is 228 g/mol. The standard InChI is InChI=1S/C12H24N2S/c1-10-2-5-14(12(8-10)9-13)11-3-6-15-7-4-11/h10-12H,2-9,13H2,1H3. The van der Waals surface area contributed by atoms with Crippen molar-refractivity contribution >= 4 is 11.8 Å². The zero-order valence-corrected chi connectivity index (χ0v) is 10.6. The highest BCUT2D eigenvalue weighted by molar-refractivity contribution is 7.99. The first-order valence-corrected chi connectivity index (χ1v) is 7.50. The number of nitrogens with two attached hydrogens (primary N) is 1. The van der Waals surface area contributed by atoms with Crippen molar-refractivity contribution in [3.05, 3.63) is 0 Å². The molecule has 2 nitrogen and oxygen atoms in total. The second-order valence-electron chi connectivity index (χ2n) is 5.10. The van der Waals surface area contributed by atoms with Crippen molar-refractivity contribution in [2.45, 2.75) is 44.7 Å². The lowest BCUT2D eigenvalue weighted by atomic mass is 9.90. The molecule has 0 bridgehead atoms. The number of nitrogens with zero attached hydrogens (tertiary/aromatic N) is 1. The van der Waals surface area contributed by atoms with Gasteiger partial charge in [-0.2, -0.15) is 11.8 Å². The van der Waals surface area contributed by atoms with Gasteiger partial charge in [0.15, 0.2) is 0 Å². The average Bonchev–Trinajstić information content (AvgIpc) is 2.30. The molecule has 2 heterocycles. The van der Waals surface area contributed by atoms with Crippen LogP contribution in [0.25, 0.3) is 0 Å². The Labute approximate surface area is 98.0 Å². The van der Waals surface area contributed by atoms with Crippen molar-refractivity contribution in [3.8, 4) is 0 Å². The van der Waals surface area contributed by atoms with Crippen LogP contribution >= 0.6 is 11.8 Å². The van der Waals surface area contributed by atoms with Gasteiger partial charge in [0.25, 0.3) is 0 Å². The molecule has 2 rings (SSSR count). The van der Waals surface area contributed by atoms with Gasteiger partial charge in [0.2, 0.25) is 0 Å². The van der Waals surface area contributed by atoms with Crippen LogP contribution < -0.4 is 5.73 Å². The van der Waals surface area contributed by atoms with E-state index in [1.54, 1.807) is 0 Å². The first kappa shape index (κ1) is 11.7. The van der Waals surface area contributed by atoms with Gasteiger partial charge in [-0.05, 0) is 49.7 Å². The molecule has 0 aromatic carbocycles. The fourth-order valence-corrected chi connectivity index (χ4v) is 4.08. The van der Waals surface area contributed by atoms with Crippen LogP contribution in [-0.4, -0.2) is 41.6 Å². The molecule has 88 valence electrons. The van der Waals surface area contributed by atoms with Gasteiger partial charge in [-0.1, -0.05) is 6.92 Å². The Morgan fingerprint density at radius 3 is 2.67 bits per heavy atom. The minimum absolute atomic E-state index is 0.668. The Morgan fingerprint density at radius 2 is 2.00 bits per heavy atom. The van der Waals surface area contributed by atoms with Gasteiger partial charge < -0.3 is 5.73 Å². The third-order valence-electron chi connectivity index (χ3n) is 3.96. The largest absolute Gasteiger partial charge is 0.329 e. The van der Waals surface area contributed by atoms with E-state index in [4.69, 9.17) is 5.73 Å². The lowest BCUT2D eigenvalue weighted by Crippen LogP contribution is -2.52. The molecule has 2 atom stereocenters. The zero-order chi connectivity index (χ0) is 10.7. The Balaban J connectivity index is 1.93. The van der Waals surface area contributed by atoms with Crippen molar-refractivity contribution in [3.63, 3.8) is 0 Å². The molecule has 0 spiro atoms. The van der Waals surface area contributed by atoms with Crippen LogP contribution in [0.2, 0.25) is 0 Å². The van der Waals surface area contributed by atoms with Gasteiger partial charge in [0.05, 0.1) is 0 Å². The second-order valence-corrected chi connectivity index (χ2v) is 6.33. The topological polar surface area (TPSA) is 29.3 Å². The third-order valence-corrected chi connectivity index (χ3v) is 5.00. The fraction of sp³-hybridized carbons (Fsp3) is 1.00. The SMILES string of the molecule is CC1CCN(C2CCSCC2)C(CN)C1. The molecule has 2 saturated heterocycles. The highest BCUT2D eigenvalue weighted by Gasteiger charge is 2.31. The van der Waals surface area contributed by atoms with Gasteiger partial charge >= 0.3 is 0 Å². The molecule has 2 aliphatic heterocycles. The summed E-state index contributed by atoms with van der Waals surface area (Å²) in [7, 11) is 0. The Bertz CT molecular complexity index is 190. The lowest BCUT2D eigenvalue weighted by molar-refractivity contribution is 0.0717. The summed E-state index contributed by atoms with van der Waals surface area (Å²) in [6.07, 6.45) is 5.46. The van der Waals surface area contributed by atoms with Crippen LogP contribution in [0.1, 0.15) is 32.6 Å². The molecule has 0 aliphatic carbocycles. The van der Waals surface area contributed by atoms with Crippen LogP contribution in [0.5, 0.6) is 0 Å². The van der Waals surface area contributed by atoms with Crippen molar-refractivity contribution in [1.29, 1.82) is 0 Å². The third kappa shape index (κ3) is 2.89. The van der Waals surface area contributed by atoms with E-state index < -0.39 is 0 Å². The first-order chi connectivity index (χ1) is 7.31. The van der Waals surface area contributed by atoms with E-state index >= 15 is 0 Å². The molecule has 0 radical (unpaired) electrons. The predicted molar refractivity (Wildman–Crippen MR) is 68.3 cm³/mol. The predicted octanol–water partition coefficient (Wildman–Crippen LogP) is 1.94. The van der Waals surface area contributed by atoms with Gasteiger partial charge in [-0.3, -0.25) is 4.90 Å². The molecule has 0 amide bonds. The molecule has 0 aromatic rings. The second kappa shape index (κ2) is 5.55. The van der Waals surface area contributed by atoms with E-state index in [-0.39, 0.29) is 0 Å². The summed E-state index contributed by atoms with van der Waals surface area (Å²) in [5.41, 5.74) is 5.92. The van der Waals surface area contributed by atoms with Gasteiger partial charge in [0, 0.05) is 18.6 Å². The zero-order valence-electron chi connectivity index (χ0n) is 9.82. The molecular formula is C12H24N2S. The summed E-state index contributed by atoms with van der Waals surface area (Å²) in [6, 6.07) is 1.51. The fourth-order valence-electron chi connectivity index (χ4n) is 3.00. The Kier molecular flexibility index (Phi) is 4.35. The van der Waals surface area contributed by atoms with Gasteiger partial charge in [-0.25, -0.2) is 0 Å². The van der Waals surface area contributed by atoms with Crippen LogP contribution in [-0.2, 0) is 0 Å². The summed E-state index contributed by atoms with van der Waals surface area (Å²) >= 11 is 2.11. The summed E-state index contributed by atoms with van der Waals surface area (Å²) in [6.45, 7) is 4.52. The minimum Gasteiger partial charge on any atom is -0.329 e. The van der Waals surface area contributed by atoms with E-state index in [1.807, 2.05) is 0 Å². The normalized spacial score (nSPS) is 35.6. The van der Waals surface area contributed by atoms with Crippen LogP contribution in [0.15, 0.2) is 0 Å². The van der Waals surface area contributed by atoms with Crippen molar-refractivity contribution in [1.82, 2.24) is 4.90 Å². The Morgan fingerprint density at radius 1 is 1.27 bits per heavy atom. The van der Waals surface area contributed by atoms with E-state index in [9.17, 15) is 0 Å². The maximum absolute atomic E-state index is 5.92. The van der Waals surface area contributed by atoms with Crippen LogP contribution in [0.4, 0.5) is 0 Å². The lowest BCUT2D eigenvalue weighted by Gasteiger charge is -2.44. The van der Waals surface area contributed by atoms with Gasteiger partial charge in [0.1, 0.15) is 0 Å². The minimum atomic E-state index is 0.668. The van der Waals surface area contributed by atoms with E-state index in [0.29, 0.717) is 6.04 Å². The Hall–Kier alpha value is 0.270.